The number of nitrogens with one attached hydrogen (secondary N) is 2. The summed E-state index contributed by atoms with van der Waals surface area (Å²) >= 11 is 4.52. The lowest BCUT2D eigenvalue weighted by molar-refractivity contribution is 0.555. The maximum atomic E-state index is 11.9. The predicted molar refractivity (Wildman–Crippen MR) is 77.7 cm³/mol. The van der Waals surface area contributed by atoms with Gasteiger partial charge in [0, 0.05) is 21.9 Å². The maximum Gasteiger partial charge on any atom is 0.251 e. The molecule has 0 saturated heterocycles. The Hall–Kier alpha value is 0.340. The molecule has 1 aromatic rings. The zero-order valence-corrected chi connectivity index (χ0v) is 13.8. The summed E-state index contributed by atoms with van der Waals surface area (Å²) in [5.74, 6) is 0. The first-order valence-corrected chi connectivity index (χ1v) is 7.89. The van der Waals surface area contributed by atoms with Crippen LogP contribution in [0, 0.1) is 6.92 Å². The largest absolute Gasteiger partial charge is 0.316 e. The van der Waals surface area contributed by atoms with Crippen LogP contribution in [-0.4, -0.2) is 28.1 Å². The lowest BCUT2D eigenvalue weighted by Crippen LogP contribution is -2.36. The standard InChI is InChI=1S/C9H15BrN2O2S2.ClH/c1-6(11-3)5-12-16(13,14)9-8(10)4-7(2)15-9;/h4,6,11-12H,5H2,1-3H3;1H. The molecule has 0 bridgehead atoms. The second kappa shape index (κ2) is 7.06. The van der Waals surface area contributed by atoms with Crippen molar-refractivity contribution >= 4 is 49.7 Å². The third-order valence-electron chi connectivity index (χ3n) is 2.10. The van der Waals surface area contributed by atoms with E-state index in [9.17, 15) is 8.42 Å². The van der Waals surface area contributed by atoms with Gasteiger partial charge in [0.05, 0.1) is 0 Å². The van der Waals surface area contributed by atoms with Crippen LogP contribution in [0.15, 0.2) is 14.7 Å². The summed E-state index contributed by atoms with van der Waals surface area (Å²) in [5.41, 5.74) is 0. The normalized spacial score (nSPS) is 13.2. The first-order valence-electron chi connectivity index (χ1n) is 4.79. The highest BCUT2D eigenvalue weighted by molar-refractivity contribution is 9.10. The van der Waals surface area contributed by atoms with E-state index in [1.54, 1.807) is 13.1 Å². The molecule has 1 aromatic heterocycles. The van der Waals surface area contributed by atoms with Crippen LogP contribution in [0.4, 0.5) is 0 Å². The minimum absolute atomic E-state index is 0. The second-order valence-electron chi connectivity index (χ2n) is 3.53. The summed E-state index contributed by atoms with van der Waals surface area (Å²) in [5, 5.41) is 2.97. The van der Waals surface area contributed by atoms with Gasteiger partial charge >= 0.3 is 0 Å². The van der Waals surface area contributed by atoms with E-state index in [0.29, 0.717) is 15.2 Å². The highest BCUT2D eigenvalue weighted by atomic mass is 79.9. The molecule has 2 N–H and O–H groups in total. The van der Waals surface area contributed by atoms with Gasteiger partial charge in [-0.2, -0.15) is 0 Å². The molecule has 0 radical (unpaired) electrons. The molecule has 8 heteroatoms. The van der Waals surface area contributed by atoms with Crippen molar-refractivity contribution < 1.29 is 8.42 Å². The second-order valence-corrected chi connectivity index (χ2v) is 7.61. The van der Waals surface area contributed by atoms with Crippen molar-refractivity contribution in [2.24, 2.45) is 0 Å². The Morgan fingerprint density at radius 3 is 2.53 bits per heavy atom. The van der Waals surface area contributed by atoms with Crippen molar-refractivity contribution in [3.05, 3.63) is 15.4 Å². The van der Waals surface area contributed by atoms with Crippen molar-refractivity contribution in [2.45, 2.75) is 24.1 Å². The quantitative estimate of drug-likeness (QED) is 0.842. The van der Waals surface area contributed by atoms with Gasteiger partial charge in [-0.25, -0.2) is 13.1 Å². The molecule has 0 aliphatic heterocycles. The van der Waals surface area contributed by atoms with Crippen LogP contribution in [0.25, 0.3) is 0 Å². The van der Waals surface area contributed by atoms with E-state index in [2.05, 4.69) is 26.0 Å². The lowest BCUT2D eigenvalue weighted by Gasteiger charge is -2.11. The summed E-state index contributed by atoms with van der Waals surface area (Å²) in [6, 6.07) is 1.91. The van der Waals surface area contributed by atoms with Crippen LogP contribution in [-0.2, 0) is 10.0 Å². The van der Waals surface area contributed by atoms with Crippen LogP contribution < -0.4 is 10.0 Å². The average Bonchev–Trinajstić information content (AvgIpc) is 2.55. The molecular weight excluding hydrogens is 348 g/mol. The molecule has 0 aliphatic carbocycles. The van der Waals surface area contributed by atoms with Crippen LogP contribution in [0.2, 0.25) is 0 Å². The van der Waals surface area contributed by atoms with Gasteiger partial charge in [0.1, 0.15) is 4.21 Å². The SMILES string of the molecule is CNC(C)CNS(=O)(=O)c1sc(C)cc1Br.Cl. The van der Waals surface area contributed by atoms with Crippen LogP contribution >= 0.6 is 39.7 Å². The van der Waals surface area contributed by atoms with E-state index in [1.165, 1.54) is 11.3 Å². The molecule has 0 saturated carbocycles. The Bertz CT molecular complexity index is 462. The van der Waals surface area contributed by atoms with Gasteiger partial charge in [-0.05, 0) is 42.9 Å². The molecule has 0 spiro atoms. The van der Waals surface area contributed by atoms with Gasteiger partial charge in [0.15, 0.2) is 0 Å². The van der Waals surface area contributed by atoms with Gasteiger partial charge in [-0.1, -0.05) is 0 Å². The van der Waals surface area contributed by atoms with Crippen molar-refractivity contribution in [1.82, 2.24) is 10.0 Å². The summed E-state index contributed by atoms with van der Waals surface area (Å²) in [6.45, 7) is 4.17. The monoisotopic (exact) mass is 362 g/mol. The minimum Gasteiger partial charge on any atom is -0.316 e. The Kier molecular flexibility index (Phi) is 7.20. The van der Waals surface area contributed by atoms with Gasteiger partial charge in [-0.15, -0.1) is 23.7 Å². The lowest BCUT2D eigenvalue weighted by atomic mass is 10.4. The molecule has 1 atom stereocenters. The van der Waals surface area contributed by atoms with E-state index >= 15 is 0 Å². The number of thiophene rings is 1. The highest BCUT2D eigenvalue weighted by Gasteiger charge is 2.20. The summed E-state index contributed by atoms with van der Waals surface area (Å²) < 4.78 is 27.4. The zero-order chi connectivity index (χ0) is 12.3. The van der Waals surface area contributed by atoms with Gasteiger partial charge in [0.2, 0.25) is 0 Å². The molecule has 1 unspecified atom stereocenters. The number of rotatable bonds is 5. The number of aryl methyl sites for hydroxylation is 1. The average molecular weight is 364 g/mol. The third kappa shape index (κ3) is 4.84. The molecule has 100 valence electrons. The number of halogens is 2. The number of hydrogen-bond acceptors (Lipinski definition) is 4. The molecule has 0 aromatic carbocycles. The molecule has 4 nitrogen and oxygen atoms in total. The predicted octanol–water partition coefficient (Wildman–Crippen LogP) is 2.13. The van der Waals surface area contributed by atoms with E-state index in [1.807, 2.05) is 13.8 Å². The smallest absolute Gasteiger partial charge is 0.251 e. The number of sulfonamides is 1. The Morgan fingerprint density at radius 1 is 1.53 bits per heavy atom. The Balaban J connectivity index is 0.00000256. The van der Waals surface area contributed by atoms with E-state index < -0.39 is 10.0 Å². The van der Waals surface area contributed by atoms with E-state index in [-0.39, 0.29) is 18.4 Å². The molecule has 0 fully saturated rings. The molecule has 0 aliphatic rings. The van der Waals surface area contributed by atoms with Gasteiger partial charge in [0.25, 0.3) is 10.0 Å². The first kappa shape index (κ1) is 17.3. The number of likely N-dealkylation sites (N-methyl/N-ethyl adjacent to an activating group) is 1. The number of hydrogen-bond donors (Lipinski definition) is 2. The van der Waals surface area contributed by atoms with Crippen LogP contribution in [0.5, 0.6) is 0 Å². The third-order valence-corrected chi connectivity index (χ3v) is 6.25. The fourth-order valence-electron chi connectivity index (χ4n) is 1.05. The topological polar surface area (TPSA) is 58.2 Å². The Labute approximate surface area is 121 Å². The van der Waals surface area contributed by atoms with Crippen molar-refractivity contribution in [2.75, 3.05) is 13.6 Å². The van der Waals surface area contributed by atoms with Gasteiger partial charge in [-0.3, -0.25) is 0 Å². The fourth-order valence-corrected chi connectivity index (χ4v) is 4.98. The Morgan fingerprint density at radius 2 is 2.12 bits per heavy atom. The van der Waals surface area contributed by atoms with Crippen molar-refractivity contribution in [1.29, 1.82) is 0 Å². The minimum atomic E-state index is -3.39. The van der Waals surface area contributed by atoms with Crippen LogP contribution in [0.3, 0.4) is 0 Å². The van der Waals surface area contributed by atoms with Crippen molar-refractivity contribution in [3.8, 4) is 0 Å². The summed E-state index contributed by atoms with van der Waals surface area (Å²) in [7, 11) is -1.60. The summed E-state index contributed by atoms with van der Waals surface area (Å²) in [6.07, 6.45) is 0. The summed E-state index contributed by atoms with van der Waals surface area (Å²) in [4.78, 5) is 0.967. The van der Waals surface area contributed by atoms with E-state index in [4.69, 9.17) is 0 Å². The van der Waals surface area contributed by atoms with Gasteiger partial charge < -0.3 is 5.32 Å². The van der Waals surface area contributed by atoms with Crippen LogP contribution in [0.1, 0.15) is 11.8 Å². The first-order chi connectivity index (χ1) is 7.36. The fraction of sp³-hybridized carbons (Fsp3) is 0.556. The molecule has 1 rings (SSSR count). The molecular formula is C9H16BrClN2O2S2. The highest BCUT2D eigenvalue weighted by Crippen LogP contribution is 2.30. The maximum absolute atomic E-state index is 11.9. The molecule has 1 heterocycles. The molecule has 17 heavy (non-hydrogen) atoms. The molecule has 0 amide bonds. The zero-order valence-electron chi connectivity index (χ0n) is 9.78. The van der Waals surface area contributed by atoms with Crippen molar-refractivity contribution in [3.63, 3.8) is 0 Å². The van der Waals surface area contributed by atoms with E-state index in [0.717, 1.165) is 4.88 Å².